The first kappa shape index (κ1) is 14.4. The summed E-state index contributed by atoms with van der Waals surface area (Å²) in [6.07, 6.45) is 3.03. The van der Waals surface area contributed by atoms with Gasteiger partial charge in [0, 0.05) is 26.1 Å². The van der Waals surface area contributed by atoms with Gasteiger partial charge in [-0.25, -0.2) is 0 Å². The van der Waals surface area contributed by atoms with Crippen molar-refractivity contribution in [2.45, 2.75) is 32.3 Å². The summed E-state index contributed by atoms with van der Waals surface area (Å²) < 4.78 is 10.6. The van der Waals surface area contributed by atoms with E-state index in [9.17, 15) is 4.79 Å². The van der Waals surface area contributed by atoms with Crippen LogP contribution in [0.15, 0.2) is 0 Å². The van der Waals surface area contributed by atoms with Gasteiger partial charge in [-0.05, 0) is 25.7 Å². The highest BCUT2D eigenvalue weighted by Crippen LogP contribution is 2.32. The topological polar surface area (TPSA) is 73.6 Å². The van der Waals surface area contributed by atoms with Gasteiger partial charge in [0.2, 0.25) is 5.91 Å². The first-order valence-corrected chi connectivity index (χ1v) is 6.42. The Labute approximate surface area is 103 Å². The van der Waals surface area contributed by atoms with Gasteiger partial charge >= 0.3 is 0 Å². The van der Waals surface area contributed by atoms with Crippen molar-refractivity contribution in [3.63, 3.8) is 0 Å². The third-order valence-electron chi connectivity index (χ3n) is 2.90. The van der Waals surface area contributed by atoms with Crippen LogP contribution < -0.4 is 11.1 Å². The minimum absolute atomic E-state index is 0.112. The lowest BCUT2D eigenvalue weighted by atomic mass is 9.80. The molecule has 0 unspecified atom stereocenters. The molecule has 1 aliphatic rings. The van der Waals surface area contributed by atoms with Crippen molar-refractivity contribution in [1.82, 2.24) is 5.32 Å². The van der Waals surface area contributed by atoms with Crippen molar-refractivity contribution in [2.24, 2.45) is 11.7 Å². The van der Waals surface area contributed by atoms with Crippen LogP contribution in [0.2, 0.25) is 0 Å². The number of nitrogens with two attached hydrogens (primary N) is 1. The highest BCUT2D eigenvalue weighted by Gasteiger charge is 2.30. The fraction of sp³-hybridized carbons (Fsp3) is 0.917. The Balaban J connectivity index is 1.92. The van der Waals surface area contributed by atoms with E-state index < -0.39 is 0 Å². The first-order chi connectivity index (χ1) is 8.26. The lowest BCUT2D eigenvalue weighted by Gasteiger charge is -2.34. The van der Waals surface area contributed by atoms with E-state index in [1.54, 1.807) is 0 Å². The summed E-state index contributed by atoms with van der Waals surface area (Å²) in [4.78, 5) is 11.5. The second-order valence-corrected chi connectivity index (χ2v) is 4.37. The monoisotopic (exact) mass is 244 g/mol. The minimum Gasteiger partial charge on any atom is -0.378 e. The van der Waals surface area contributed by atoms with Crippen LogP contribution in [0, 0.1) is 5.92 Å². The predicted molar refractivity (Wildman–Crippen MR) is 65.6 cm³/mol. The molecule has 0 spiro atoms. The van der Waals surface area contributed by atoms with E-state index in [2.05, 4.69) is 5.32 Å². The number of hydrogen-bond donors (Lipinski definition) is 2. The Morgan fingerprint density at radius 2 is 2.18 bits per heavy atom. The van der Waals surface area contributed by atoms with Gasteiger partial charge in [0.15, 0.2) is 0 Å². The van der Waals surface area contributed by atoms with E-state index >= 15 is 0 Å². The van der Waals surface area contributed by atoms with Gasteiger partial charge in [0.25, 0.3) is 0 Å². The summed E-state index contributed by atoms with van der Waals surface area (Å²) in [7, 11) is 0. The van der Waals surface area contributed by atoms with E-state index in [1.807, 2.05) is 6.92 Å². The first-order valence-electron chi connectivity index (χ1n) is 6.42. The molecular formula is C12H24N2O3. The zero-order valence-electron chi connectivity index (χ0n) is 10.6. The minimum atomic E-state index is 0.112. The van der Waals surface area contributed by atoms with Crippen LogP contribution in [0.5, 0.6) is 0 Å². The molecule has 0 saturated heterocycles. The third-order valence-corrected chi connectivity index (χ3v) is 2.90. The van der Waals surface area contributed by atoms with E-state index in [0.29, 0.717) is 44.7 Å². The number of carbonyl (C=O) groups excluding carboxylic acids is 1. The molecule has 0 radical (unpaired) electrons. The quantitative estimate of drug-likeness (QED) is 0.571. The second-order valence-electron chi connectivity index (χ2n) is 4.37. The molecule has 100 valence electrons. The SMILES string of the molecule is CCOC1CC(CC(=O)NCCOCCN)C1. The van der Waals surface area contributed by atoms with Gasteiger partial charge in [-0.1, -0.05) is 0 Å². The number of nitrogens with one attached hydrogen (secondary N) is 1. The fourth-order valence-corrected chi connectivity index (χ4v) is 2.00. The molecule has 1 rings (SSSR count). The highest BCUT2D eigenvalue weighted by molar-refractivity contribution is 5.76. The Kier molecular flexibility index (Phi) is 7.16. The zero-order chi connectivity index (χ0) is 12.5. The standard InChI is InChI=1S/C12H24N2O3/c1-2-17-11-7-10(8-11)9-12(15)14-4-6-16-5-3-13/h10-11H,2-9,13H2,1H3,(H,14,15). The normalized spacial score (nSPS) is 23.2. The summed E-state index contributed by atoms with van der Waals surface area (Å²) >= 11 is 0. The van der Waals surface area contributed by atoms with E-state index in [0.717, 1.165) is 19.4 Å². The summed E-state index contributed by atoms with van der Waals surface area (Å²) in [5, 5.41) is 2.84. The van der Waals surface area contributed by atoms with Crippen molar-refractivity contribution in [3.05, 3.63) is 0 Å². The Bertz CT molecular complexity index is 218. The molecule has 0 heterocycles. The second kappa shape index (κ2) is 8.44. The number of carbonyl (C=O) groups is 1. The molecular weight excluding hydrogens is 220 g/mol. The number of ether oxygens (including phenoxy) is 2. The molecule has 0 aromatic carbocycles. The molecule has 17 heavy (non-hydrogen) atoms. The van der Waals surface area contributed by atoms with Gasteiger partial charge in [0.1, 0.15) is 0 Å². The molecule has 5 nitrogen and oxygen atoms in total. The molecule has 5 heteroatoms. The van der Waals surface area contributed by atoms with Crippen molar-refractivity contribution in [3.8, 4) is 0 Å². The lowest BCUT2D eigenvalue weighted by Crippen LogP contribution is -2.36. The number of hydrogen-bond acceptors (Lipinski definition) is 4. The van der Waals surface area contributed by atoms with E-state index in [4.69, 9.17) is 15.2 Å². The Hall–Kier alpha value is -0.650. The maximum atomic E-state index is 11.5. The van der Waals surface area contributed by atoms with Crippen LogP contribution in [0.4, 0.5) is 0 Å². The van der Waals surface area contributed by atoms with Crippen molar-refractivity contribution in [1.29, 1.82) is 0 Å². The van der Waals surface area contributed by atoms with Crippen LogP contribution >= 0.6 is 0 Å². The molecule has 0 atom stereocenters. The third kappa shape index (κ3) is 6.00. The Morgan fingerprint density at radius 3 is 2.82 bits per heavy atom. The van der Waals surface area contributed by atoms with Crippen molar-refractivity contribution >= 4 is 5.91 Å². The smallest absolute Gasteiger partial charge is 0.220 e. The fourth-order valence-electron chi connectivity index (χ4n) is 2.00. The average molecular weight is 244 g/mol. The maximum absolute atomic E-state index is 11.5. The summed E-state index contributed by atoms with van der Waals surface area (Å²) in [6.45, 7) is 4.95. The van der Waals surface area contributed by atoms with Crippen LogP contribution in [-0.2, 0) is 14.3 Å². The predicted octanol–water partition coefficient (Wildman–Crippen LogP) is 0.283. The highest BCUT2D eigenvalue weighted by atomic mass is 16.5. The molecule has 0 bridgehead atoms. The molecule has 3 N–H and O–H groups in total. The molecule has 0 aromatic rings. The average Bonchev–Trinajstić information content (AvgIpc) is 2.26. The number of rotatable bonds is 9. The summed E-state index contributed by atoms with van der Waals surface area (Å²) in [5.74, 6) is 0.609. The van der Waals surface area contributed by atoms with E-state index in [1.165, 1.54) is 0 Å². The lowest BCUT2D eigenvalue weighted by molar-refractivity contribution is -0.124. The van der Waals surface area contributed by atoms with Gasteiger partial charge in [0.05, 0.1) is 19.3 Å². The van der Waals surface area contributed by atoms with Crippen LogP contribution in [0.1, 0.15) is 26.2 Å². The molecule has 1 aliphatic carbocycles. The van der Waals surface area contributed by atoms with Crippen molar-refractivity contribution in [2.75, 3.05) is 32.9 Å². The maximum Gasteiger partial charge on any atom is 0.220 e. The van der Waals surface area contributed by atoms with Crippen LogP contribution in [0.25, 0.3) is 0 Å². The molecule has 0 aliphatic heterocycles. The van der Waals surface area contributed by atoms with Crippen molar-refractivity contribution < 1.29 is 14.3 Å². The molecule has 1 fully saturated rings. The largest absolute Gasteiger partial charge is 0.378 e. The van der Waals surface area contributed by atoms with Gasteiger partial charge in [-0.3, -0.25) is 4.79 Å². The van der Waals surface area contributed by atoms with E-state index in [-0.39, 0.29) is 5.91 Å². The van der Waals surface area contributed by atoms with Crippen LogP contribution in [0.3, 0.4) is 0 Å². The van der Waals surface area contributed by atoms with Gasteiger partial charge < -0.3 is 20.5 Å². The van der Waals surface area contributed by atoms with Gasteiger partial charge in [-0.2, -0.15) is 0 Å². The number of amides is 1. The van der Waals surface area contributed by atoms with Crippen LogP contribution in [-0.4, -0.2) is 44.9 Å². The molecule has 1 amide bonds. The molecule has 1 saturated carbocycles. The zero-order valence-corrected chi connectivity index (χ0v) is 10.6. The summed E-state index contributed by atoms with van der Waals surface area (Å²) in [5.41, 5.74) is 5.28. The van der Waals surface area contributed by atoms with Gasteiger partial charge in [-0.15, -0.1) is 0 Å². The summed E-state index contributed by atoms with van der Waals surface area (Å²) in [6, 6.07) is 0. The Morgan fingerprint density at radius 1 is 1.41 bits per heavy atom. The molecule has 0 aromatic heterocycles.